The highest BCUT2D eigenvalue weighted by atomic mass is 16.6. The Hall–Kier alpha value is -2.90. The molecule has 0 aliphatic heterocycles. The molecule has 0 aliphatic rings. The molecule has 0 spiro atoms. The van der Waals surface area contributed by atoms with Crippen molar-refractivity contribution in [2.24, 2.45) is 0 Å². The van der Waals surface area contributed by atoms with Gasteiger partial charge in [-0.25, -0.2) is 19.2 Å². The maximum Gasteiger partial charge on any atom is 0.339 e. The normalized spacial score (nSPS) is 11.1. The molecule has 1 aromatic rings. The zero-order chi connectivity index (χ0) is 21.5. The fourth-order valence-corrected chi connectivity index (χ4v) is 3.14. The molecule has 0 bridgehead atoms. The minimum atomic E-state index is -1.75. The van der Waals surface area contributed by atoms with Crippen molar-refractivity contribution in [2.45, 2.75) is 64.9 Å². The van der Waals surface area contributed by atoms with E-state index >= 15 is 0 Å². The zero-order valence-corrected chi connectivity index (χ0v) is 16.3. The number of ether oxygens (including phenoxy) is 1. The second kappa shape index (κ2) is 9.87. The standard InChI is InChI=1S/C20H26O8/c1-4-7-8-11-20(5-2,6-3)28-19(27)13-10-9-12(16(21)22)14(17(23)24)15(13)18(25)26/h9-10H,4-8,11H2,1-3H3,(H,21,22)(H,23,24)(H,25,26). The summed E-state index contributed by atoms with van der Waals surface area (Å²) < 4.78 is 5.65. The maximum absolute atomic E-state index is 12.8. The SMILES string of the molecule is CCCCCC(CC)(CC)OC(=O)c1ccc(C(=O)O)c(C(=O)O)c1C(=O)O. The highest BCUT2D eigenvalue weighted by molar-refractivity contribution is 6.14. The van der Waals surface area contributed by atoms with Gasteiger partial charge in [-0.2, -0.15) is 0 Å². The molecule has 8 heteroatoms. The molecular weight excluding hydrogens is 368 g/mol. The first kappa shape index (κ1) is 23.1. The van der Waals surface area contributed by atoms with Gasteiger partial charge in [0, 0.05) is 0 Å². The molecule has 154 valence electrons. The lowest BCUT2D eigenvalue weighted by atomic mass is 9.90. The molecule has 8 nitrogen and oxygen atoms in total. The molecule has 3 N–H and O–H groups in total. The van der Waals surface area contributed by atoms with Crippen LogP contribution < -0.4 is 0 Å². The van der Waals surface area contributed by atoms with E-state index < -0.39 is 51.7 Å². The minimum Gasteiger partial charge on any atom is -0.478 e. The van der Waals surface area contributed by atoms with E-state index in [2.05, 4.69) is 0 Å². The van der Waals surface area contributed by atoms with Gasteiger partial charge in [0.15, 0.2) is 0 Å². The number of carbonyl (C=O) groups excluding carboxylic acids is 1. The van der Waals surface area contributed by atoms with Crippen LogP contribution in [-0.2, 0) is 4.74 Å². The van der Waals surface area contributed by atoms with Crippen molar-refractivity contribution in [3.63, 3.8) is 0 Å². The van der Waals surface area contributed by atoms with E-state index in [0.717, 1.165) is 31.4 Å². The average Bonchev–Trinajstić information content (AvgIpc) is 2.65. The Morgan fingerprint density at radius 1 is 0.821 bits per heavy atom. The molecular formula is C20H26O8. The lowest BCUT2D eigenvalue weighted by Gasteiger charge is -2.32. The number of aromatic carboxylic acids is 3. The third-order valence-electron chi connectivity index (χ3n) is 4.92. The first-order chi connectivity index (χ1) is 13.1. The molecule has 0 aromatic heterocycles. The van der Waals surface area contributed by atoms with Gasteiger partial charge in [0.1, 0.15) is 5.60 Å². The summed E-state index contributed by atoms with van der Waals surface area (Å²) >= 11 is 0. The van der Waals surface area contributed by atoms with Crippen molar-refractivity contribution in [2.75, 3.05) is 0 Å². The molecule has 0 aliphatic carbocycles. The second-order valence-electron chi connectivity index (χ2n) is 6.56. The number of unbranched alkanes of at least 4 members (excludes halogenated alkanes) is 2. The Labute approximate surface area is 163 Å². The Bertz CT molecular complexity index is 762. The van der Waals surface area contributed by atoms with E-state index in [1.807, 2.05) is 20.8 Å². The van der Waals surface area contributed by atoms with Gasteiger partial charge in [0.25, 0.3) is 0 Å². The summed E-state index contributed by atoms with van der Waals surface area (Å²) in [5.41, 5.74) is -3.80. The van der Waals surface area contributed by atoms with Gasteiger partial charge >= 0.3 is 23.9 Å². The molecule has 0 atom stereocenters. The van der Waals surface area contributed by atoms with E-state index in [-0.39, 0.29) is 0 Å². The van der Waals surface area contributed by atoms with Crippen molar-refractivity contribution < 1.29 is 39.2 Å². The van der Waals surface area contributed by atoms with Crippen LogP contribution in [0.3, 0.4) is 0 Å². The van der Waals surface area contributed by atoms with Gasteiger partial charge in [-0.1, -0.05) is 33.6 Å². The minimum absolute atomic E-state index is 0.475. The van der Waals surface area contributed by atoms with E-state index in [1.165, 1.54) is 0 Å². The number of hydrogen-bond acceptors (Lipinski definition) is 5. The average molecular weight is 394 g/mol. The predicted octanol–water partition coefficient (Wildman–Crippen LogP) is 4.08. The summed E-state index contributed by atoms with van der Waals surface area (Å²) in [5.74, 6) is -6.03. The van der Waals surface area contributed by atoms with Crippen molar-refractivity contribution in [3.8, 4) is 0 Å². The smallest absolute Gasteiger partial charge is 0.339 e. The van der Waals surface area contributed by atoms with Gasteiger partial charge in [0.05, 0.1) is 22.3 Å². The number of benzene rings is 1. The summed E-state index contributed by atoms with van der Waals surface area (Å²) in [4.78, 5) is 47.2. The van der Waals surface area contributed by atoms with E-state index in [9.17, 15) is 29.4 Å². The first-order valence-electron chi connectivity index (χ1n) is 9.24. The van der Waals surface area contributed by atoms with E-state index in [1.54, 1.807) is 0 Å². The number of carboxylic acids is 3. The molecule has 0 saturated carbocycles. The van der Waals surface area contributed by atoms with Crippen LogP contribution in [0.5, 0.6) is 0 Å². The summed E-state index contributed by atoms with van der Waals surface area (Å²) in [6, 6.07) is 1.90. The number of esters is 1. The summed E-state index contributed by atoms with van der Waals surface area (Å²) in [5, 5.41) is 28.0. The summed E-state index contributed by atoms with van der Waals surface area (Å²) in [6.07, 6.45) is 4.40. The van der Waals surface area contributed by atoms with Crippen molar-refractivity contribution in [1.82, 2.24) is 0 Å². The fraction of sp³-hybridized carbons (Fsp3) is 0.500. The summed E-state index contributed by atoms with van der Waals surface area (Å²) in [7, 11) is 0. The molecule has 28 heavy (non-hydrogen) atoms. The van der Waals surface area contributed by atoms with Crippen LogP contribution in [0.2, 0.25) is 0 Å². The maximum atomic E-state index is 12.8. The Morgan fingerprint density at radius 3 is 1.75 bits per heavy atom. The third-order valence-corrected chi connectivity index (χ3v) is 4.92. The van der Waals surface area contributed by atoms with Crippen LogP contribution in [-0.4, -0.2) is 44.8 Å². The topological polar surface area (TPSA) is 138 Å². The van der Waals surface area contributed by atoms with Crippen LogP contribution in [0, 0.1) is 0 Å². The lowest BCUT2D eigenvalue weighted by Crippen LogP contribution is -2.34. The molecule has 0 radical (unpaired) electrons. The molecule has 0 unspecified atom stereocenters. The largest absolute Gasteiger partial charge is 0.478 e. The monoisotopic (exact) mass is 394 g/mol. The van der Waals surface area contributed by atoms with Crippen molar-refractivity contribution >= 4 is 23.9 Å². The predicted molar refractivity (Wildman–Crippen MR) is 100 cm³/mol. The molecule has 0 saturated heterocycles. The lowest BCUT2D eigenvalue weighted by molar-refractivity contribution is -0.0287. The fourth-order valence-electron chi connectivity index (χ4n) is 3.14. The number of carboxylic acid groups (broad SMARTS) is 3. The quantitative estimate of drug-likeness (QED) is 0.377. The first-order valence-corrected chi connectivity index (χ1v) is 9.24. The molecule has 1 rings (SSSR count). The van der Waals surface area contributed by atoms with E-state index in [4.69, 9.17) is 9.84 Å². The molecule has 0 heterocycles. The van der Waals surface area contributed by atoms with Crippen LogP contribution >= 0.6 is 0 Å². The Kier molecular flexibility index (Phi) is 8.16. The summed E-state index contributed by atoms with van der Waals surface area (Å²) in [6.45, 7) is 5.76. The van der Waals surface area contributed by atoms with Crippen LogP contribution in [0.1, 0.15) is 101 Å². The third kappa shape index (κ3) is 5.09. The Morgan fingerprint density at radius 2 is 1.32 bits per heavy atom. The van der Waals surface area contributed by atoms with Gasteiger partial charge in [-0.3, -0.25) is 0 Å². The highest BCUT2D eigenvalue weighted by Crippen LogP contribution is 2.30. The van der Waals surface area contributed by atoms with Gasteiger partial charge in [-0.15, -0.1) is 0 Å². The second-order valence-corrected chi connectivity index (χ2v) is 6.56. The molecule has 0 fully saturated rings. The van der Waals surface area contributed by atoms with Gasteiger partial charge < -0.3 is 20.1 Å². The zero-order valence-electron chi connectivity index (χ0n) is 16.3. The number of hydrogen-bond donors (Lipinski definition) is 3. The van der Waals surface area contributed by atoms with Crippen LogP contribution in [0.25, 0.3) is 0 Å². The van der Waals surface area contributed by atoms with Crippen LogP contribution in [0.15, 0.2) is 12.1 Å². The van der Waals surface area contributed by atoms with Gasteiger partial charge in [-0.05, 0) is 37.8 Å². The van der Waals surface area contributed by atoms with Crippen molar-refractivity contribution in [1.29, 1.82) is 0 Å². The Balaban J connectivity index is 3.43. The number of rotatable bonds is 11. The molecule has 1 aromatic carbocycles. The van der Waals surface area contributed by atoms with Gasteiger partial charge in [0.2, 0.25) is 0 Å². The van der Waals surface area contributed by atoms with Crippen molar-refractivity contribution in [3.05, 3.63) is 34.4 Å². The molecule has 0 amide bonds. The van der Waals surface area contributed by atoms with Crippen LogP contribution in [0.4, 0.5) is 0 Å². The highest BCUT2D eigenvalue weighted by Gasteiger charge is 2.34. The van der Waals surface area contributed by atoms with E-state index in [0.29, 0.717) is 19.3 Å². The number of carbonyl (C=O) groups is 4.